The molecule has 2 nitrogen and oxygen atoms in total. The summed E-state index contributed by atoms with van der Waals surface area (Å²) in [4.78, 5) is 11.8. The van der Waals surface area contributed by atoms with E-state index in [1.54, 1.807) is 0 Å². The highest BCUT2D eigenvalue weighted by Gasteiger charge is 2.52. The van der Waals surface area contributed by atoms with Crippen molar-refractivity contribution in [1.29, 1.82) is 0 Å². The normalized spacial score (nSPS) is 46.8. The van der Waals surface area contributed by atoms with Gasteiger partial charge in [-0.15, -0.1) is 0 Å². The summed E-state index contributed by atoms with van der Waals surface area (Å²) < 4.78 is 0. The molecule has 2 bridgehead atoms. The monoisotopic (exact) mass is 178 g/mol. The molecule has 3 rings (SSSR count). The SMILES string of the molecule is O=C1C(CO)=C[C@@H]2[C@H]3CC[C@H](C3)[C@H]12. The molecule has 0 spiro atoms. The number of aliphatic hydroxyl groups is 1. The van der Waals surface area contributed by atoms with E-state index in [2.05, 4.69) is 6.08 Å². The average Bonchev–Trinajstić information content (AvgIpc) is 2.76. The molecule has 0 saturated heterocycles. The first kappa shape index (κ1) is 7.74. The van der Waals surface area contributed by atoms with Crippen LogP contribution in [-0.4, -0.2) is 17.5 Å². The topological polar surface area (TPSA) is 37.3 Å². The van der Waals surface area contributed by atoms with Gasteiger partial charge < -0.3 is 5.11 Å². The van der Waals surface area contributed by atoms with Crippen molar-refractivity contribution in [2.24, 2.45) is 23.7 Å². The lowest BCUT2D eigenvalue weighted by atomic mass is 9.81. The number of rotatable bonds is 1. The fraction of sp³-hybridized carbons (Fsp3) is 0.727. The summed E-state index contributed by atoms with van der Waals surface area (Å²) in [5, 5.41) is 9.00. The van der Waals surface area contributed by atoms with Crippen molar-refractivity contribution < 1.29 is 9.90 Å². The van der Waals surface area contributed by atoms with Gasteiger partial charge in [0.05, 0.1) is 6.61 Å². The predicted molar refractivity (Wildman–Crippen MR) is 48.0 cm³/mol. The fourth-order valence-electron chi connectivity index (χ4n) is 3.62. The van der Waals surface area contributed by atoms with Crippen LogP contribution >= 0.6 is 0 Å². The zero-order valence-corrected chi connectivity index (χ0v) is 7.57. The van der Waals surface area contributed by atoms with Gasteiger partial charge in [-0.05, 0) is 37.0 Å². The van der Waals surface area contributed by atoms with Crippen molar-refractivity contribution in [3.63, 3.8) is 0 Å². The van der Waals surface area contributed by atoms with Crippen molar-refractivity contribution in [1.82, 2.24) is 0 Å². The van der Waals surface area contributed by atoms with Crippen LogP contribution in [0.4, 0.5) is 0 Å². The summed E-state index contributed by atoms with van der Waals surface area (Å²) in [6.07, 6.45) is 5.85. The van der Waals surface area contributed by atoms with Crippen LogP contribution in [0.25, 0.3) is 0 Å². The van der Waals surface area contributed by atoms with Crippen LogP contribution < -0.4 is 0 Å². The summed E-state index contributed by atoms with van der Waals surface area (Å²) in [5.74, 6) is 2.40. The van der Waals surface area contributed by atoms with Crippen molar-refractivity contribution in [2.75, 3.05) is 6.61 Å². The zero-order valence-electron chi connectivity index (χ0n) is 7.57. The molecule has 70 valence electrons. The molecule has 0 aliphatic heterocycles. The molecule has 0 aromatic carbocycles. The number of carbonyl (C=O) groups is 1. The second-order valence-corrected chi connectivity index (χ2v) is 4.65. The van der Waals surface area contributed by atoms with Gasteiger partial charge in [-0.1, -0.05) is 6.08 Å². The minimum atomic E-state index is -0.0503. The van der Waals surface area contributed by atoms with E-state index in [-0.39, 0.29) is 18.3 Å². The molecule has 0 aromatic rings. The van der Waals surface area contributed by atoms with Gasteiger partial charge in [0.15, 0.2) is 5.78 Å². The highest BCUT2D eigenvalue weighted by Crippen LogP contribution is 2.56. The predicted octanol–water partition coefficient (Wildman–Crippen LogP) is 1.15. The van der Waals surface area contributed by atoms with Crippen LogP contribution in [0.3, 0.4) is 0 Å². The first-order valence-electron chi connectivity index (χ1n) is 5.17. The van der Waals surface area contributed by atoms with Gasteiger partial charge in [0.25, 0.3) is 0 Å². The van der Waals surface area contributed by atoms with Gasteiger partial charge in [0.1, 0.15) is 0 Å². The van der Waals surface area contributed by atoms with Crippen LogP contribution in [0.1, 0.15) is 19.3 Å². The largest absolute Gasteiger partial charge is 0.392 e. The van der Waals surface area contributed by atoms with Crippen LogP contribution in [-0.2, 0) is 4.79 Å². The van der Waals surface area contributed by atoms with Gasteiger partial charge in [-0.2, -0.15) is 0 Å². The Morgan fingerprint density at radius 2 is 2.15 bits per heavy atom. The molecule has 0 aromatic heterocycles. The lowest BCUT2D eigenvalue weighted by Crippen LogP contribution is -2.24. The quantitative estimate of drug-likeness (QED) is 0.654. The smallest absolute Gasteiger partial charge is 0.164 e. The Labute approximate surface area is 77.6 Å². The number of Topliss-reactive ketones (excluding diaryl/α,β-unsaturated/α-hetero) is 1. The van der Waals surface area contributed by atoms with Crippen molar-refractivity contribution >= 4 is 5.78 Å². The van der Waals surface area contributed by atoms with E-state index in [1.807, 2.05) is 0 Å². The first-order valence-corrected chi connectivity index (χ1v) is 5.17. The van der Waals surface area contributed by atoms with Crippen molar-refractivity contribution in [3.8, 4) is 0 Å². The third kappa shape index (κ3) is 0.845. The van der Waals surface area contributed by atoms with Gasteiger partial charge in [0, 0.05) is 11.5 Å². The third-order valence-corrected chi connectivity index (χ3v) is 4.16. The Morgan fingerprint density at radius 3 is 2.85 bits per heavy atom. The molecule has 1 N–H and O–H groups in total. The number of fused-ring (bicyclic) bond motifs is 5. The van der Waals surface area contributed by atoms with Gasteiger partial charge in [-0.3, -0.25) is 4.79 Å². The summed E-state index contributed by atoms with van der Waals surface area (Å²) in [6.45, 7) is -0.0503. The highest BCUT2D eigenvalue weighted by molar-refractivity contribution is 6.00. The van der Waals surface area contributed by atoms with Crippen LogP contribution in [0, 0.1) is 23.7 Å². The lowest BCUT2D eigenvalue weighted by molar-refractivity contribution is -0.120. The van der Waals surface area contributed by atoms with E-state index in [4.69, 9.17) is 5.11 Å². The summed E-state index contributed by atoms with van der Waals surface area (Å²) in [5.41, 5.74) is 0.687. The second-order valence-electron chi connectivity index (χ2n) is 4.65. The number of hydrogen-bond donors (Lipinski definition) is 1. The minimum absolute atomic E-state index is 0.0503. The average molecular weight is 178 g/mol. The Bertz CT molecular complexity index is 292. The number of allylic oxidation sites excluding steroid dienone is 1. The van der Waals surface area contributed by atoms with E-state index in [9.17, 15) is 4.79 Å². The molecule has 0 radical (unpaired) electrons. The molecule has 0 heterocycles. The molecular formula is C11H14O2. The molecule has 13 heavy (non-hydrogen) atoms. The van der Waals surface area contributed by atoms with E-state index in [0.29, 0.717) is 17.4 Å². The van der Waals surface area contributed by atoms with Gasteiger partial charge in [-0.25, -0.2) is 0 Å². The maximum absolute atomic E-state index is 11.8. The number of ketones is 1. The first-order chi connectivity index (χ1) is 6.31. The van der Waals surface area contributed by atoms with Crippen molar-refractivity contribution in [2.45, 2.75) is 19.3 Å². The highest BCUT2D eigenvalue weighted by atomic mass is 16.3. The third-order valence-electron chi connectivity index (χ3n) is 4.16. The van der Waals surface area contributed by atoms with E-state index < -0.39 is 0 Å². The molecule has 0 unspecified atom stereocenters. The Morgan fingerprint density at radius 1 is 1.38 bits per heavy atom. The molecule has 3 aliphatic rings. The summed E-state index contributed by atoms with van der Waals surface area (Å²) in [7, 11) is 0. The maximum Gasteiger partial charge on any atom is 0.164 e. The Hall–Kier alpha value is -0.630. The summed E-state index contributed by atoms with van der Waals surface area (Å²) >= 11 is 0. The molecule has 2 heteroatoms. The Balaban J connectivity index is 1.96. The van der Waals surface area contributed by atoms with E-state index in [0.717, 1.165) is 5.92 Å². The zero-order chi connectivity index (χ0) is 9.00. The van der Waals surface area contributed by atoms with E-state index >= 15 is 0 Å². The molecule has 4 atom stereocenters. The van der Waals surface area contributed by atoms with Gasteiger partial charge in [0.2, 0.25) is 0 Å². The number of aliphatic hydroxyl groups excluding tert-OH is 1. The van der Waals surface area contributed by atoms with Gasteiger partial charge >= 0.3 is 0 Å². The van der Waals surface area contributed by atoms with Crippen LogP contribution in [0.15, 0.2) is 11.6 Å². The molecule has 2 saturated carbocycles. The standard InChI is InChI=1S/C11H14O2/c12-5-8-4-9-6-1-2-7(3-6)10(9)11(8)13/h4,6-7,9-10,12H,1-3,5H2/t6-,7+,9+,10-/m0/s1. The lowest BCUT2D eigenvalue weighted by Gasteiger charge is -2.22. The molecular weight excluding hydrogens is 164 g/mol. The minimum Gasteiger partial charge on any atom is -0.392 e. The number of hydrogen-bond acceptors (Lipinski definition) is 2. The van der Waals surface area contributed by atoms with Crippen LogP contribution in [0.2, 0.25) is 0 Å². The van der Waals surface area contributed by atoms with E-state index in [1.165, 1.54) is 19.3 Å². The van der Waals surface area contributed by atoms with Crippen LogP contribution in [0.5, 0.6) is 0 Å². The second kappa shape index (κ2) is 2.44. The summed E-state index contributed by atoms with van der Waals surface area (Å²) in [6, 6.07) is 0. The van der Waals surface area contributed by atoms with Crippen molar-refractivity contribution in [3.05, 3.63) is 11.6 Å². The fourth-order valence-corrected chi connectivity index (χ4v) is 3.62. The molecule has 0 amide bonds. The molecule has 2 fully saturated rings. The maximum atomic E-state index is 11.8. The number of carbonyl (C=O) groups excluding carboxylic acids is 1. The molecule has 3 aliphatic carbocycles. The Kier molecular flexibility index (Phi) is 1.46.